The Kier molecular flexibility index (Phi) is 6.65. The van der Waals surface area contributed by atoms with Crippen molar-refractivity contribution in [2.75, 3.05) is 0 Å². The van der Waals surface area contributed by atoms with Crippen molar-refractivity contribution in [3.8, 4) is 0 Å². The number of benzene rings is 2. The van der Waals surface area contributed by atoms with Gasteiger partial charge in [-0.1, -0.05) is 62.2 Å². The van der Waals surface area contributed by atoms with Gasteiger partial charge < -0.3 is 4.74 Å². The normalized spacial score (nSPS) is 12.0. The van der Waals surface area contributed by atoms with E-state index in [1.54, 1.807) is 0 Å². The minimum absolute atomic E-state index is 0.106. The molecule has 2 aromatic rings. The second-order valence-corrected chi connectivity index (χ2v) is 6.96. The topological polar surface area (TPSA) is 26.3 Å². The monoisotopic (exact) mass is 424 g/mol. The number of halogens is 2. The third kappa shape index (κ3) is 5.58. The molecule has 0 saturated heterocycles. The lowest BCUT2D eigenvalue weighted by Gasteiger charge is -2.17. The smallest absolute Gasteiger partial charge is 0.302 e. The third-order valence-electron chi connectivity index (χ3n) is 3.40. The Morgan fingerprint density at radius 2 is 1.77 bits per heavy atom. The van der Waals surface area contributed by atoms with Crippen molar-refractivity contribution in [3.05, 3.63) is 68.6 Å². The van der Waals surface area contributed by atoms with Gasteiger partial charge in [-0.2, -0.15) is 0 Å². The van der Waals surface area contributed by atoms with E-state index in [1.165, 1.54) is 18.1 Å². The SMILES string of the molecule is CC(=O)O[C@H](CCc1ccccc1Br)Cc1ccc(Br)cc1. The van der Waals surface area contributed by atoms with Crippen LogP contribution in [0.25, 0.3) is 0 Å². The van der Waals surface area contributed by atoms with E-state index < -0.39 is 0 Å². The summed E-state index contributed by atoms with van der Waals surface area (Å²) in [6.45, 7) is 1.47. The van der Waals surface area contributed by atoms with Crippen molar-refractivity contribution in [2.45, 2.75) is 32.3 Å². The van der Waals surface area contributed by atoms with Crippen LogP contribution >= 0.6 is 31.9 Å². The van der Waals surface area contributed by atoms with Gasteiger partial charge in [-0.05, 0) is 42.2 Å². The zero-order valence-electron chi connectivity index (χ0n) is 12.4. The first kappa shape index (κ1) is 17.2. The van der Waals surface area contributed by atoms with Crippen molar-refractivity contribution in [2.24, 2.45) is 0 Å². The molecule has 0 fully saturated rings. The number of hydrogen-bond donors (Lipinski definition) is 0. The Morgan fingerprint density at radius 1 is 1.09 bits per heavy atom. The van der Waals surface area contributed by atoms with E-state index in [-0.39, 0.29) is 12.1 Å². The van der Waals surface area contributed by atoms with Gasteiger partial charge in [0.05, 0.1) is 0 Å². The molecule has 0 spiro atoms. The minimum Gasteiger partial charge on any atom is -0.462 e. The molecule has 0 amide bonds. The lowest BCUT2D eigenvalue weighted by atomic mass is 10.0. The second kappa shape index (κ2) is 8.49. The first-order chi connectivity index (χ1) is 10.5. The number of esters is 1. The second-order valence-electron chi connectivity index (χ2n) is 5.19. The number of carbonyl (C=O) groups is 1. The highest BCUT2D eigenvalue weighted by molar-refractivity contribution is 9.10. The Balaban J connectivity index is 2.01. The molecule has 0 radical (unpaired) electrons. The number of aryl methyl sites for hydroxylation is 1. The Bertz CT molecular complexity index is 623. The molecule has 1 atom stereocenters. The summed E-state index contributed by atoms with van der Waals surface area (Å²) in [4.78, 5) is 11.3. The maximum Gasteiger partial charge on any atom is 0.302 e. The van der Waals surface area contributed by atoms with Gasteiger partial charge in [0, 0.05) is 22.3 Å². The van der Waals surface area contributed by atoms with E-state index in [1.807, 2.05) is 30.3 Å². The van der Waals surface area contributed by atoms with Gasteiger partial charge in [0.15, 0.2) is 0 Å². The fourth-order valence-electron chi connectivity index (χ4n) is 2.34. The predicted octanol–water partition coefficient (Wildman–Crippen LogP) is 5.32. The van der Waals surface area contributed by atoms with Gasteiger partial charge in [0.2, 0.25) is 0 Å². The molecule has 2 rings (SSSR count). The summed E-state index contributed by atoms with van der Waals surface area (Å²) < 4.78 is 7.63. The van der Waals surface area contributed by atoms with Crippen LogP contribution in [0.15, 0.2) is 57.5 Å². The molecule has 0 aliphatic rings. The van der Waals surface area contributed by atoms with Crippen LogP contribution in [0, 0.1) is 0 Å². The summed E-state index contributed by atoms with van der Waals surface area (Å²) in [6.07, 6.45) is 2.30. The highest BCUT2D eigenvalue weighted by Crippen LogP contribution is 2.20. The van der Waals surface area contributed by atoms with Gasteiger partial charge in [0.25, 0.3) is 0 Å². The van der Waals surface area contributed by atoms with Crippen LogP contribution in [-0.4, -0.2) is 12.1 Å². The number of ether oxygens (including phenoxy) is 1. The fourth-order valence-corrected chi connectivity index (χ4v) is 3.09. The molecule has 0 aliphatic carbocycles. The van der Waals surface area contributed by atoms with Crippen LogP contribution in [0.4, 0.5) is 0 Å². The lowest BCUT2D eigenvalue weighted by Crippen LogP contribution is -2.20. The molecule has 0 aliphatic heterocycles. The molecular weight excluding hydrogens is 408 g/mol. The molecule has 0 N–H and O–H groups in total. The summed E-state index contributed by atoms with van der Waals surface area (Å²) in [5.41, 5.74) is 2.40. The molecule has 0 heterocycles. The van der Waals surface area contributed by atoms with E-state index in [0.29, 0.717) is 0 Å². The zero-order chi connectivity index (χ0) is 15.9. The van der Waals surface area contributed by atoms with Crippen LogP contribution < -0.4 is 0 Å². The van der Waals surface area contributed by atoms with E-state index in [0.717, 1.165) is 28.2 Å². The van der Waals surface area contributed by atoms with E-state index in [9.17, 15) is 4.79 Å². The molecule has 2 nitrogen and oxygen atoms in total. The summed E-state index contributed by atoms with van der Waals surface area (Å²) in [5.74, 6) is -0.228. The molecule has 22 heavy (non-hydrogen) atoms. The van der Waals surface area contributed by atoms with Crippen LogP contribution in [0.3, 0.4) is 0 Å². The van der Waals surface area contributed by atoms with Crippen LogP contribution in [-0.2, 0) is 22.4 Å². The maximum absolute atomic E-state index is 11.3. The van der Waals surface area contributed by atoms with Crippen molar-refractivity contribution in [1.29, 1.82) is 0 Å². The van der Waals surface area contributed by atoms with Crippen molar-refractivity contribution in [1.82, 2.24) is 0 Å². The van der Waals surface area contributed by atoms with Crippen molar-refractivity contribution < 1.29 is 9.53 Å². The Labute approximate surface area is 148 Å². The average molecular weight is 426 g/mol. The molecular formula is C18H18Br2O2. The highest BCUT2D eigenvalue weighted by atomic mass is 79.9. The van der Waals surface area contributed by atoms with Crippen molar-refractivity contribution >= 4 is 37.8 Å². The zero-order valence-corrected chi connectivity index (χ0v) is 15.6. The van der Waals surface area contributed by atoms with Gasteiger partial charge in [-0.15, -0.1) is 0 Å². The first-order valence-electron chi connectivity index (χ1n) is 7.19. The number of carbonyl (C=O) groups excluding carboxylic acids is 1. The van der Waals surface area contributed by atoms with Crippen LogP contribution in [0.1, 0.15) is 24.5 Å². The van der Waals surface area contributed by atoms with Crippen LogP contribution in [0.5, 0.6) is 0 Å². The number of rotatable bonds is 6. The van der Waals surface area contributed by atoms with Gasteiger partial charge in [-0.25, -0.2) is 0 Å². The van der Waals surface area contributed by atoms with Gasteiger partial charge in [0.1, 0.15) is 6.10 Å². The summed E-state index contributed by atoms with van der Waals surface area (Å²) in [5, 5.41) is 0. The van der Waals surface area contributed by atoms with E-state index in [2.05, 4.69) is 50.1 Å². The molecule has 0 bridgehead atoms. The maximum atomic E-state index is 11.3. The molecule has 0 unspecified atom stereocenters. The molecule has 4 heteroatoms. The summed E-state index contributed by atoms with van der Waals surface area (Å²) in [6, 6.07) is 16.3. The summed E-state index contributed by atoms with van der Waals surface area (Å²) in [7, 11) is 0. The lowest BCUT2D eigenvalue weighted by molar-refractivity contribution is -0.146. The van der Waals surface area contributed by atoms with Crippen LogP contribution in [0.2, 0.25) is 0 Å². The minimum atomic E-state index is -0.228. The molecule has 2 aromatic carbocycles. The average Bonchev–Trinajstić information content (AvgIpc) is 2.48. The fraction of sp³-hybridized carbons (Fsp3) is 0.278. The molecule has 0 aromatic heterocycles. The van der Waals surface area contributed by atoms with Gasteiger partial charge >= 0.3 is 5.97 Å². The quantitative estimate of drug-likeness (QED) is 0.585. The summed E-state index contributed by atoms with van der Waals surface area (Å²) >= 11 is 6.99. The van der Waals surface area contributed by atoms with Crippen molar-refractivity contribution in [3.63, 3.8) is 0 Å². The predicted molar refractivity (Wildman–Crippen MR) is 95.9 cm³/mol. The standard InChI is InChI=1S/C18H18Br2O2/c1-13(21)22-17(12-14-6-9-16(19)10-7-14)11-8-15-4-2-3-5-18(15)20/h2-7,9-10,17H,8,11-12H2,1H3/t17-/m1/s1. The highest BCUT2D eigenvalue weighted by Gasteiger charge is 2.14. The van der Waals surface area contributed by atoms with Gasteiger partial charge in [-0.3, -0.25) is 4.79 Å². The molecule has 116 valence electrons. The largest absolute Gasteiger partial charge is 0.462 e. The third-order valence-corrected chi connectivity index (χ3v) is 4.71. The molecule has 0 saturated carbocycles. The number of hydrogen-bond acceptors (Lipinski definition) is 2. The van der Waals surface area contributed by atoms with E-state index in [4.69, 9.17) is 4.74 Å². The Hall–Kier alpha value is -1.13. The first-order valence-corrected chi connectivity index (χ1v) is 8.78. The van der Waals surface area contributed by atoms with E-state index >= 15 is 0 Å². The Morgan fingerprint density at radius 3 is 2.41 bits per heavy atom.